The number of hydrogen-bond acceptors (Lipinski definition) is 2. The lowest BCUT2D eigenvalue weighted by Gasteiger charge is -2.14. The van der Waals surface area contributed by atoms with Gasteiger partial charge in [0.15, 0.2) is 0 Å². The van der Waals surface area contributed by atoms with Gasteiger partial charge in [0.1, 0.15) is 11.9 Å². The summed E-state index contributed by atoms with van der Waals surface area (Å²) >= 11 is 0. The van der Waals surface area contributed by atoms with Gasteiger partial charge in [-0.05, 0) is 37.1 Å². The number of amides is 1. The lowest BCUT2D eigenvalue weighted by atomic mass is 10.1. The molecule has 0 aliphatic rings. The van der Waals surface area contributed by atoms with Crippen molar-refractivity contribution in [1.29, 1.82) is 0 Å². The van der Waals surface area contributed by atoms with Gasteiger partial charge in [0.25, 0.3) is 5.91 Å². The maximum Gasteiger partial charge on any atom is 0.326 e. The van der Waals surface area contributed by atoms with E-state index in [0.717, 1.165) is 12.5 Å². The van der Waals surface area contributed by atoms with Gasteiger partial charge in [0.05, 0.1) is 0 Å². The number of aliphatic carboxylic acids is 1. The van der Waals surface area contributed by atoms with Gasteiger partial charge in [-0.1, -0.05) is 19.8 Å². The summed E-state index contributed by atoms with van der Waals surface area (Å²) in [6.07, 6.45) is 1.92. The number of carboxylic acid groups (broad SMARTS) is 1. The van der Waals surface area contributed by atoms with Gasteiger partial charge in [-0.15, -0.1) is 0 Å². The van der Waals surface area contributed by atoms with Gasteiger partial charge >= 0.3 is 5.97 Å². The molecule has 4 nitrogen and oxygen atoms in total. The average molecular weight is 267 g/mol. The van der Waals surface area contributed by atoms with Crippen LogP contribution in [0.5, 0.6) is 0 Å². The summed E-state index contributed by atoms with van der Waals surface area (Å²) < 4.78 is 13.2. The summed E-state index contributed by atoms with van der Waals surface area (Å²) in [6, 6.07) is 3.00. The van der Waals surface area contributed by atoms with E-state index >= 15 is 0 Å². The molecule has 1 aromatic carbocycles. The third-order valence-electron chi connectivity index (χ3n) is 2.75. The van der Waals surface area contributed by atoms with Gasteiger partial charge < -0.3 is 10.4 Å². The fourth-order valence-electron chi connectivity index (χ4n) is 1.77. The Morgan fingerprint density at radius 1 is 1.37 bits per heavy atom. The van der Waals surface area contributed by atoms with Crippen LogP contribution in [0.1, 0.15) is 42.1 Å². The van der Waals surface area contributed by atoms with Crippen LogP contribution in [0.15, 0.2) is 18.2 Å². The zero-order valence-electron chi connectivity index (χ0n) is 11.1. The SMILES string of the molecule is CCCCC(NC(=O)c1cc(C)cc(F)c1)C(=O)O. The van der Waals surface area contributed by atoms with Crippen LogP contribution >= 0.6 is 0 Å². The number of nitrogens with one attached hydrogen (secondary N) is 1. The van der Waals surface area contributed by atoms with Gasteiger partial charge in [-0.25, -0.2) is 9.18 Å². The van der Waals surface area contributed by atoms with E-state index in [0.29, 0.717) is 18.4 Å². The molecule has 0 aliphatic heterocycles. The molecule has 0 radical (unpaired) electrons. The molecule has 0 spiro atoms. The number of rotatable bonds is 6. The summed E-state index contributed by atoms with van der Waals surface area (Å²) in [7, 11) is 0. The lowest BCUT2D eigenvalue weighted by molar-refractivity contribution is -0.139. The predicted molar refractivity (Wildman–Crippen MR) is 69.6 cm³/mol. The first-order valence-electron chi connectivity index (χ1n) is 6.25. The molecule has 0 saturated carbocycles. The van der Waals surface area contributed by atoms with Crippen LogP contribution in [0, 0.1) is 12.7 Å². The fourth-order valence-corrected chi connectivity index (χ4v) is 1.77. The van der Waals surface area contributed by atoms with Crippen molar-refractivity contribution in [3.63, 3.8) is 0 Å². The van der Waals surface area contributed by atoms with Crippen molar-refractivity contribution in [3.05, 3.63) is 35.1 Å². The van der Waals surface area contributed by atoms with E-state index in [1.165, 1.54) is 12.1 Å². The molecule has 0 aliphatic carbocycles. The first kappa shape index (κ1) is 15.1. The minimum atomic E-state index is -1.07. The monoisotopic (exact) mass is 267 g/mol. The van der Waals surface area contributed by atoms with Crippen LogP contribution in [0.4, 0.5) is 4.39 Å². The number of unbranched alkanes of at least 4 members (excludes halogenated alkanes) is 1. The topological polar surface area (TPSA) is 66.4 Å². The van der Waals surface area contributed by atoms with Crippen molar-refractivity contribution in [2.24, 2.45) is 0 Å². The highest BCUT2D eigenvalue weighted by Gasteiger charge is 2.20. The van der Waals surface area contributed by atoms with E-state index in [1.807, 2.05) is 6.92 Å². The molecule has 0 fully saturated rings. The maximum absolute atomic E-state index is 13.2. The Hall–Kier alpha value is -1.91. The second-order valence-corrected chi connectivity index (χ2v) is 4.52. The Balaban J connectivity index is 2.78. The number of aryl methyl sites for hydroxylation is 1. The van der Waals surface area contributed by atoms with Crippen LogP contribution in [0.3, 0.4) is 0 Å². The average Bonchev–Trinajstić information content (AvgIpc) is 2.32. The molecule has 2 N–H and O–H groups in total. The van der Waals surface area contributed by atoms with Crippen molar-refractivity contribution in [2.75, 3.05) is 0 Å². The molecule has 0 saturated heterocycles. The lowest BCUT2D eigenvalue weighted by Crippen LogP contribution is -2.40. The number of hydrogen-bond donors (Lipinski definition) is 2. The van der Waals surface area contributed by atoms with Gasteiger partial charge in [-0.3, -0.25) is 4.79 Å². The molecular formula is C14H18FNO3. The van der Waals surface area contributed by atoms with E-state index < -0.39 is 23.7 Å². The molecule has 104 valence electrons. The number of halogens is 1. The molecular weight excluding hydrogens is 249 g/mol. The van der Waals surface area contributed by atoms with Gasteiger partial charge in [-0.2, -0.15) is 0 Å². The van der Waals surface area contributed by atoms with E-state index in [-0.39, 0.29) is 5.56 Å². The Morgan fingerprint density at radius 3 is 2.58 bits per heavy atom. The first-order chi connectivity index (χ1) is 8.93. The van der Waals surface area contributed by atoms with E-state index in [9.17, 15) is 14.0 Å². The molecule has 0 heterocycles. The highest BCUT2D eigenvalue weighted by Crippen LogP contribution is 2.09. The first-order valence-corrected chi connectivity index (χ1v) is 6.25. The highest BCUT2D eigenvalue weighted by molar-refractivity contribution is 5.96. The van der Waals surface area contributed by atoms with E-state index in [2.05, 4.69) is 5.32 Å². The zero-order valence-corrected chi connectivity index (χ0v) is 11.1. The van der Waals surface area contributed by atoms with Crippen molar-refractivity contribution in [1.82, 2.24) is 5.32 Å². The number of carbonyl (C=O) groups is 2. The third kappa shape index (κ3) is 4.69. The molecule has 0 aromatic heterocycles. The Bertz CT molecular complexity index is 454. The quantitative estimate of drug-likeness (QED) is 0.832. The minimum absolute atomic E-state index is 0.139. The third-order valence-corrected chi connectivity index (χ3v) is 2.75. The van der Waals surface area contributed by atoms with Crippen molar-refractivity contribution in [2.45, 2.75) is 39.2 Å². The summed E-state index contributed by atoms with van der Waals surface area (Å²) in [4.78, 5) is 22.9. The van der Waals surface area contributed by atoms with Crippen molar-refractivity contribution in [3.8, 4) is 0 Å². The molecule has 1 amide bonds. The van der Waals surface area contributed by atoms with Crippen LogP contribution in [0.25, 0.3) is 0 Å². The summed E-state index contributed by atoms with van der Waals surface area (Å²) in [5.74, 6) is -2.15. The Kier molecular flexibility index (Phi) is 5.48. The maximum atomic E-state index is 13.2. The van der Waals surface area contributed by atoms with Gasteiger partial charge in [0.2, 0.25) is 0 Å². The van der Waals surface area contributed by atoms with Crippen molar-refractivity contribution >= 4 is 11.9 Å². The van der Waals surface area contributed by atoms with Crippen LogP contribution in [0.2, 0.25) is 0 Å². The second kappa shape index (κ2) is 6.87. The van der Waals surface area contributed by atoms with Crippen LogP contribution in [-0.2, 0) is 4.79 Å². The summed E-state index contributed by atoms with van der Waals surface area (Å²) in [5.41, 5.74) is 0.755. The molecule has 1 atom stereocenters. The number of carbonyl (C=O) groups excluding carboxylic acids is 1. The number of benzene rings is 1. The molecule has 1 unspecified atom stereocenters. The zero-order chi connectivity index (χ0) is 14.4. The minimum Gasteiger partial charge on any atom is -0.480 e. The van der Waals surface area contributed by atoms with E-state index in [1.54, 1.807) is 6.92 Å². The largest absolute Gasteiger partial charge is 0.480 e. The normalized spacial score (nSPS) is 11.9. The number of carboxylic acids is 1. The molecule has 1 aromatic rings. The summed E-state index contributed by atoms with van der Waals surface area (Å²) in [6.45, 7) is 3.61. The Morgan fingerprint density at radius 2 is 2.05 bits per heavy atom. The standard InChI is InChI=1S/C14H18FNO3/c1-3-4-5-12(14(18)19)16-13(17)10-6-9(2)7-11(15)8-10/h6-8,12H,3-5H2,1-2H3,(H,16,17)(H,18,19). The van der Waals surface area contributed by atoms with E-state index in [4.69, 9.17) is 5.11 Å². The van der Waals surface area contributed by atoms with Gasteiger partial charge in [0, 0.05) is 5.56 Å². The molecule has 1 rings (SSSR count). The predicted octanol–water partition coefficient (Wildman–Crippen LogP) is 2.51. The highest BCUT2D eigenvalue weighted by atomic mass is 19.1. The van der Waals surface area contributed by atoms with Crippen LogP contribution < -0.4 is 5.32 Å². The smallest absolute Gasteiger partial charge is 0.326 e. The van der Waals surface area contributed by atoms with Crippen LogP contribution in [-0.4, -0.2) is 23.0 Å². The second-order valence-electron chi connectivity index (χ2n) is 4.52. The molecule has 19 heavy (non-hydrogen) atoms. The molecule has 0 bridgehead atoms. The fraction of sp³-hybridized carbons (Fsp3) is 0.429. The Labute approximate surface area is 111 Å². The molecule has 5 heteroatoms. The summed E-state index contributed by atoms with van der Waals surface area (Å²) in [5, 5.41) is 11.4. The van der Waals surface area contributed by atoms with Crippen molar-refractivity contribution < 1.29 is 19.1 Å².